The van der Waals surface area contributed by atoms with E-state index in [0.29, 0.717) is 23.6 Å². The molecule has 2 aromatic rings. The molecule has 1 heterocycles. The van der Waals surface area contributed by atoms with Crippen LogP contribution in [-0.2, 0) is 11.3 Å². The van der Waals surface area contributed by atoms with Crippen LogP contribution < -0.4 is 10.6 Å². The number of nitrogens with one attached hydrogen (secondary N) is 2. The van der Waals surface area contributed by atoms with Crippen molar-refractivity contribution in [1.29, 1.82) is 0 Å². The monoisotopic (exact) mass is 324 g/mol. The van der Waals surface area contributed by atoms with Crippen LogP contribution in [0.2, 0.25) is 0 Å². The second kappa shape index (κ2) is 7.50. The number of carbonyl (C=O) groups is 2. The normalized spacial score (nSPS) is 10.1. The standard InChI is InChI=1S/C18H20N4O2/c1-5-17(23)22-15-8-6-7-14(9-15)18(24)19-10-16-11(2)20-13(4)21-12(16)3/h5-9H,1,10H2,2-4H3,(H,19,24)(H,22,23). The molecule has 0 bridgehead atoms. The first-order valence-electron chi connectivity index (χ1n) is 7.53. The van der Waals surface area contributed by atoms with E-state index < -0.39 is 0 Å². The Bertz CT molecular complexity index is 776. The largest absolute Gasteiger partial charge is 0.348 e. The summed E-state index contributed by atoms with van der Waals surface area (Å²) in [6.07, 6.45) is 1.18. The first kappa shape index (κ1) is 17.3. The second-order valence-corrected chi connectivity index (χ2v) is 5.38. The van der Waals surface area contributed by atoms with Crippen molar-refractivity contribution in [2.75, 3.05) is 5.32 Å². The minimum Gasteiger partial charge on any atom is -0.348 e. The molecule has 0 fully saturated rings. The molecule has 2 amide bonds. The first-order chi connectivity index (χ1) is 11.4. The summed E-state index contributed by atoms with van der Waals surface area (Å²) >= 11 is 0. The van der Waals surface area contributed by atoms with Gasteiger partial charge in [-0.25, -0.2) is 9.97 Å². The fraction of sp³-hybridized carbons (Fsp3) is 0.222. The summed E-state index contributed by atoms with van der Waals surface area (Å²) in [7, 11) is 0. The van der Waals surface area contributed by atoms with Crippen molar-refractivity contribution in [2.45, 2.75) is 27.3 Å². The first-order valence-corrected chi connectivity index (χ1v) is 7.53. The number of aryl methyl sites for hydroxylation is 3. The van der Waals surface area contributed by atoms with Gasteiger partial charge < -0.3 is 10.6 Å². The third-order valence-corrected chi connectivity index (χ3v) is 3.54. The van der Waals surface area contributed by atoms with Gasteiger partial charge in [-0.1, -0.05) is 12.6 Å². The summed E-state index contributed by atoms with van der Waals surface area (Å²) in [5, 5.41) is 5.49. The van der Waals surface area contributed by atoms with Crippen LogP contribution in [0.25, 0.3) is 0 Å². The lowest BCUT2D eigenvalue weighted by Gasteiger charge is -2.11. The third kappa shape index (κ3) is 4.25. The van der Waals surface area contributed by atoms with Crippen molar-refractivity contribution in [2.24, 2.45) is 0 Å². The predicted molar refractivity (Wildman–Crippen MR) is 92.7 cm³/mol. The lowest BCUT2D eigenvalue weighted by molar-refractivity contribution is -0.111. The van der Waals surface area contributed by atoms with Gasteiger partial charge in [-0.2, -0.15) is 0 Å². The fourth-order valence-electron chi connectivity index (χ4n) is 2.37. The maximum Gasteiger partial charge on any atom is 0.251 e. The fourth-order valence-corrected chi connectivity index (χ4v) is 2.37. The molecule has 2 N–H and O–H groups in total. The van der Waals surface area contributed by atoms with Gasteiger partial charge in [0.15, 0.2) is 0 Å². The number of nitrogens with zero attached hydrogens (tertiary/aromatic N) is 2. The minimum atomic E-state index is -0.324. The molecule has 6 heteroatoms. The number of amides is 2. The number of hydrogen-bond donors (Lipinski definition) is 2. The van der Waals surface area contributed by atoms with Gasteiger partial charge in [0, 0.05) is 34.7 Å². The number of anilines is 1. The molecule has 1 aromatic carbocycles. The van der Waals surface area contributed by atoms with Gasteiger partial charge in [0.2, 0.25) is 5.91 Å². The van der Waals surface area contributed by atoms with Crippen LogP contribution in [0.4, 0.5) is 5.69 Å². The maximum atomic E-state index is 12.3. The van der Waals surface area contributed by atoms with E-state index >= 15 is 0 Å². The summed E-state index contributed by atoms with van der Waals surface area (Å²) in [6, 6.07) is 6.71. The van der Waals surface area contributed by atoms with Crippen molar-refractivity contribution >= 4 is 17.5 Å². The van der Waals surface area contributed by atoms with Crippen LogP contribution in [0, 0.1) is 20.8 Å². The average molecular weight is 324 g/mol. The highest BCUT2D eigenvalue weighted by atomic mass is 16.2. The van der Waals surface area contributed by atoms with E-state index in [4.69, 9.17) is 0 Å². The van der Waals surface area contributed by atoms with Gasteiger partial charge in [0.05, 0.1) is 0 Å². The second-order valence-electron chi connectivity index (χ2n) is 5.38. The van der Waals surface area contributed by atoms with E-state index in [2.05, 4.69) is 27.2 Å². The number of hydrogen-bond acceptors (Lipinski definition) is 4. The molecule has 0 aliphatic carbocycles. The zero-order valence-corrected chi connectivity index (χ0v) is 14.0. The predicted octanol–water partition coefficient (Wildman–Crippen LogP) is 2.46. The molecule has 0 aliphatic heterocycles. The third-order valence-electron chi connectivity index (χ3n) is 3.54. The molecule has 0 saturated heterocycles. The highest BCUT2D eigenvalue weighted by molar-refractivity contribution is 6.00. The number of benzene rings is 1. The SMILES string of the molecule is C=CC(=O)Nc1cccc(C(=O)NCc2c(C)nc(C)nc2C)c1. The lowest BCUT2D eigenvalue weighted by atomic mass is 10.1. The molecule has 0 saturated carbocycles. The van der Waals surface area contributed by atoms with Gasteiger partial charge >= 0.3 is 0 Å². The Hall–Kier alpha value is -3.02. The summed E-state index contributed by atoms with van der Waals surface area (Å²) in [5.41, 5.74) is 3.61. The molecule has 1 aromatic heterocycles. The van der Waals surface area contributed by atoms with Crippen LogP contribution in [-0.4, -0.2) is 21.8 Å². The highest BCUT2D eigenvalue weighted by Gasteiger charge is 2.11. The van der Waals surface area contributed by atoms with Crippen LogP contribution >= 0.6 is 0 Å². The molecule has 0 spiro atoms. The minimum absolute atomic E-state index is 0.232. The Kier molecular flexibility index (Phi) is 5.42. The molecular formula is C18H20N4O2. The van der Waals surface area contributed by atoms with E-state index in [-0.39, 0.29) is 11.8 Å². The summed E-state index contributed by atoms with van der Waals surface area (Å²) in [4.78, 5) is 32.3. The molecule has 6 nitrogen and oxygen atoms in total. The molecular weight excluding hydrogens is 304 g/mol. The molecule has 0 radical (unpaired) electrons. The van der Waals surface area contributed by atoms with Crippen LogP contribution in [0.15, 0.2) is 36.9 Å². The Balaban J connectivity index is 2.09. The van der Waals surface area contributed by atoms with Gasteiger partial charge in [-0.15, -0.1) is 0 Å². The summed E-state index contributed by atoms with van der Waals surface area (Å²) in [6.45, 7) is 9.38. The van der Waals surface area contributed by atoms with Crippen LogP contribution in [0.1, 0.15) is 33.1 Å². The van der Waals surface area contributed by atoms with Gasteiger partial charge in [0.25, 0.3) is 5.91 Å². The molecule has 2 rings (SSSR count). The van der Waals surface area contributed by atoms with Crippen molar-refractivity contribution < 1.29 is 9.59 Å². The summed E-state index contributed by atoms with van der Waals surface area (Å²) < 4.78 is 0. The van der Waals surface area contributed by atoms with E-state index in [1.54, 1.807) is 24.3 Å². The quantitative estimate of drug-likeness (QED) is 0.828. The summed E-state index contributed by atoms with van der Waals surface area (Å²) in [5.74, 6) is 0.158. The van der Waals surface area contributed by atoms with E-state index in [0.717, 1.165) is 17.0 Å². The number of rotatable bonds is 5. The maximum absolute atomic E-state index is 12.3. The zero-order valence-electron chi connectivity index (χ0n) is 14.0. The Morgan fingerprint density at radius 3 is 2.46 bits per heavy atom. The number of aromatic nitrogens is 2. The highest BCUT2D eigenvalue weighted by Crippen LogP contribution is 2.13. The Morgan fingerprint density at radius 2 is 1.83 bits per heavy atom. The molecule has 0 unspecified atom stereocenters. The molecule has 124 valence electrons. The van der Waals surface area contributed by atoms with E-state index in [1.165, 1.54) is 6.08 Å². The van der Waals surface area contributed by atoms with Crippen molar-refractivity contribution in [3.05, 3.63) is 65.3 Å². The average Bonchev–Trinajstić information content (AvgIpc) is 2.53. The molecule has 0 aliphatic rings. The van der Waals surface area contributed by atoms with Gasteiger partial charge in [-0.05, 0) is 45.0 Å². The Morgan fingerprint density at radius 1 is 1.17 bits per heavy atom. The van der Waals surface area contributed by atoms with E-state index in [9.17, 15) is 9.59 Å². The van der Waals surface area contributed by atoms with Crippen LogP contribution in [0.5, 0.6) is 0 Å². The lowest BCUT2D eigenvalue weighted by Crippen LogP contribution is -2.24. The molecule has 24 heavy (non-hydrogen) atoms. The topological polar surface area (TPSA) is 84.0 Å². The Labute approximate surface area is 141 Å². The van der Waals surface area contributed by atoms with Crippen molar-refractivity contribution in [3.63, 3.8) is 0 Å². The van der Waals surface area contributed by atoms with Gasteiger partial charge in [-0.3, -0.25) is 9.59 Å². The van der Waals surface area contributed by atoms with Gasteiger partial charge in [0.1, 0.15) is 5.82 Å². The smallest absolute Gasteiger partial charge is 0.251 e. The molecule has 0 atom stereocenters. The van der Waals surface area contributed by atoms with Crippen molar-refractivity contribution in [3.8, 4) is 0 Å². The number of carbonyl (C=O) groups excluding carboxylic acids is 2. The van der Waals surface area contributed by atoms with E-state index in [1.807, 2.05) is 20.8 Å². The van der Waals surface area contributed by atoms with Crippen LogP contribution in [0.3, 0.4) is 0 Å². The van der Waals surface area contributed by atoms with Crippen molar-refractivity contribution in [1.82, 2.24) is 15.3 Å². The zero-order chi connectivity index (χ0) is 17.7.